The van der Waals surface area contributed by atoms with Gasteiger partial charge in [-0.15, -0.1) is 0 Å². The highest BCUT2D eigenvalue weighted by atomic mass is 16.6. The minimum Gasteiger partial charge on any atom is -0.462 e. The zero-order valence-corrected chi connectivity index (χ0v) is 38.4. The lowest BCUT2D eigenvalue weighted by Gasteiger charge is -2.18. The lowest BCUT2D eigenvalue weighted by atomic mass is 10.1. The van der Waals surface area contributed by atoms with Crippen LogP contribution in [0.25, 0.3) is 0 Å². The molecule has 0 aliphatic heterocycles. The van der Waals surface area contributed by atoms with Crippen LogP contribution in [-0.4, -0.2) is 37.2 Å². The summed E-state index contributed by atoms with van der Waals surface area (Å²) in [4.78, 5) is 37.8. The zero-order valence-electron chi connectivity index (χ0n) is 38.4. The minimum atomic E-state index is -0.827. The Morgan fingerprint density at radius 2 is 0.656 bits per heavy atom. The fraction of sp³-hybridized carbons (Fsp3) is 0.509. The number of carbonyl (C=O) groups is 3. The Balaban J connectivity index is 4.61. The van der Waals surface area contributed by atoms with E-state index in [9.17, 15) is 14.4 Å². The van der Waals surface area contributed by atoms with E-state index in [0.717, 1.165) is 83.5 Å². The van der Waals surface area contributed by atoms with E-state index in [1.165, 1.54) is 25.7 Å². The molecule has 0 saturated carbocycles. The summed E-state index contributed by atoms with van der Waals surface area (Å²) in [5.74, 6) is -1.04. The van der Waals surface area contributed by atoms with Gasteiger partial charge in [0.25, 0.3) is 0 Å². The maximum absolute atomic E-state index is 12.7. The second-order valence-corrected chi connectivity index (χ2v) is 14.8. The molecule has 0 aliphatic rings. The molecule has 1 atom stereocenters. The first kappa shape index (κ1) is 56.3. The molecule has 0 radical (unpaired) electrons. The summed E-state index contributed by atoms with van der Waals surface area (Å²) in [5, 5.41) is 0. The van der Waals surface area contributed by atoms with Crippen LogP contribution in [0.5, 0.6) is 0 Å². The molecule has 0 amide bonds. The summed E-state index contributed by atoms with van der Waals surface area (Å²) in [6, 6.07) is 0. The van der Waals surface area contributed by atoms with Crippen molar-refractivity contribution in [3.63, 3.8) is 0 Å². The van der Waals surface area contributed by atoms with Crippen molar-refractivity contribution in [3.8, 4) is 0 Å². The molecule has 0 aliphatic carbocycles. The van der Waals surface area contributed by atoms with E-state index in [-0.39, 0.29) is 44.0 Å². The monoisotopic (exact) mass is 839 g/mol. The van der Waals surface area contributed by atoms with Crippen molar-refractivity contribution in [2.75, 3.05) is 13.2 Å². The number of hydrogen-bond acceptors (Lipinski definition) is 6. The first-order valence-electron chi connectivity index (χ1n) is 23.5. The Bertz CT molecular complexity index is 1430. The van der Waals surface area contributed by atoms with E-state index in [2.05, 4.69) is 57.2 Å². The molecule has 1 unspecified atom stereocenters. The molecular formula is C55H82O6. The van der Waals surface area contributed by atoms with E-state index < -0.39 is 6.10 Å². The molecule has 0 bridgehead atoms. The van der Waals surface area contributed by atoms with Gasteiger partial charge in [-0.2, -0.15) is 0 Å². The molecular weight excluding hydrogens is 757 g/mol. The normalized spacial score (nSPS) is 13.4. The van der Waals surface area contributed by atoms with Crippen LogP contribution >= 0.6 is 0 Å². The molecule has 0 aromatic heterocycles. The number of rotatable bonds is 39. The van der Waals surface area contributed by atoms with Crippen molar-refractivity contribution in [3.05, 3.63) is 146 Å². The first-order valence-corrected chi connectivity index (χ1v) is 23.5. The van der Waals surface area contributed by atoms with Crippen LogP contribution in [0.1, 0.15) is 162 Å². The second-order valence-electron chi connectivity index (χ2n) is 14.8. The van der Waals surface area contributed by atoms with Gasteiger partial charge in [0.2, 0.25) is 0 Å². The summed E-state index contributed by atoms with van der Waals surface area (Å²) in [6.45, 7) is 6.18. The Labute approximate surface area is 372 Å². The van der Waals surface area contributed by atoms with Crippen molar-refractivity contribution in [2.24, 2.45) is 0 Å². The maximum Gasteiger partial charge on any atom is 0.306 e. The molecule has 6 heteroatoms. The van der Waals surface area contributed by atoms with Crippen LogP contribution in [0.2, 0.25) is 0 Å². The Morgan fingerprint density at radius 3 is 1.07 bits per heavy atom. The highest BCUT2D eigenvalue weighted by molar-refractivity contribution is 5.71. The molecule has 0 fully saturated rings. The number of esters is 3. The molecule has 0 N–H and O–H groups in total. The SMILES string of the molecule is CC\C=C/C=C\C=C/C=C\C=C/CCCCCC(=O)OC(COC(=O)CCCCC\C=C/C=C/C=C\C=C/C=C\C=C/CC)COC(=O)CCCCCCC/C=C\CCCC. The first-order chi connectivity index (χ1) is 30.0. The van der Waals surface area contributed by atoms with Crippen molar-refractivity contribution in [2.45, 2.75) is 168 Å². The van der Waals surface area contributed by atoms with Crippen molar-refractivity contribution >= 4 is 17.9 Å². The zero-order chi connectivity index (χ0) is 44.4. The highest BCUT2D eigenvalue weighted by Gasteiger charge is 2.19. The van der Waals surface area contributed by atoms with E-state index in [1.807, 2.05) is 109 Å². The van der Waals surface area contributed by atoms with Gasteiger partial charge in [-0.1, -0.05) is 212 Å². The predicted octanol–water partition coefficient (Wildman–Crippen LogP) is 15.3. The van der Waals surface area contributed by atoms with Gasteiger partial charge in [-0.25, -0.2) is 0 Å². The summed E-state index contributed by atoms with van der Waals surface area (Å²) in [7, 11) is 0. The van der Waals surface area contributed by atoms with Crippen LogP contribution in [0, 0.1) is 0 Å². The number of carbonyl (C=O) groups excluding carboxylic acids is 3. The van der Waals surface area contributed by atoms with Crippen molar-refractivity contribution in [1.82, 2.24) is 0 Å². The summed E-state index contributed by atoms with van der Waals surface area (Å²) in [6.07, 6.45) is 68.2. The van der Waals surface area contributed by atoms with Gasteiger partial charge in [0.1, 0.15) is 13.2 Å². The van der Waals surface area contributed by atoms with Gasteiger partial charge in [0.15, 0.2) is 6.10 Å². The predicted molar refractivity (Wildman–Crippen MR) is 260 cm³/mol. The van der Waals surface area contributed by atoms with Gasteiger partial charge in [-0.3, -0.25) is 14.4 Å². The Kier molecular flexibility index (Phi) is 44.3. The van der Waals surface area contributed by atoms with Crippen LogP contribution in [0.3, 0.4) is 0 Å². The van der Waals surface area contributed by atoms with Crippen molar-refractivity contribution < 1.29 is 28.6 Å². The molecule has 0 aromatic rings. The average molecular weight is 839 g/mol. The topological polar surface area (TPSA) is 78.9 Å². The quantitative estimate of drug-likeness (QED) is 0.0202. The maximum atomic E-state index is 12.7. The van der Waals surface area contributed by atoms with Gasteiger partial charge in [-0.05, 0) is 77.0 Å². The lowest BCUT2D eigenvalue weighted by Crippen LogP contribution is -2.30. The van der Waals surface area contributed by atoms with Gasteiger partial charge in [0.05, 0.1) is 0 Å². The van der Waals surface area contributed by atoms with Crippen LogP contribution in [0.15, 0.2) is 146 Å². The van der Waals surface area contributed by atoms with Gasteiger partial charge >= 0.3 is 17.9 Å². The number of unbranched alkanes of at least 4 members (excludes halogenated alkanes) is 13. The molecule has 61 heavy (non-hydrogen) atoms. The summed E-state index contributed by atoms with van der Waals surface area (Å²) in [5.41, 5.74) is 0. The minimum absolute atomic E-state index is 0.122. The molecule has 6 nitrogen and oxygen atoms in total. The number of allylic oxidation sites excluding steroid dienone is 24. The highest BCUT2D eigenvalue weighted by Crippen LogP contribution is 2.11. The third kappa shape index (κ3) is 46.2. The van der Waals surface area contributed by atoms with Crippen LogP contribution in [0.4, 0.5) is 0 Å². The third-order valence-corrected chi connectivity index (χ3v) is 9.10. The Morgan fingerprint density at radius 1 is 0.344 bits per heavy atom. The fourth-order valence-electron chi connectivity index (χ4n) is 5.59. The molecule has 0 heterocycles. The third-order valence-electron chi connectivity index (χ3n) is 9.10. The van der Waals surface area contributed by atoms with E-state index in [0.29, 0.717) is 19.3 Å². The molecule has 338 valence electrons. The van der Waals surface area contributed by atoms with Gasteiger partial charge in [0, 0.05) is 19.3 Å². The van der Waals surface area contributed by atoms with Crippen molar-refractivity contribution in [1.29, 1.82) is 0 Å². The molecule has 0 rings (SSSR count). The van der Waals surface area contributed by atoms with E-state index in [1.54, 1.807) is 0 Å². The van der Waals surface area contributed by atoms with E-state index >= 15 is 0 Å². The van der Waals surface area contributed by atoms with Gasteiger partial charge < -0.3 is 14.2 Å². The number of ether oxygens (including phenoxy) is 3. The fourth-order valence-corrected chi connectivity index (χ4v) is 5.59. The van der Waals surface area contributed by atoms with Crippen LogP contribution in [-0.2, 0) is 28.6 Å². The molecule has 0 saturated heterocycles. The molecule has 0 spiro atoms. The Hall–Kier alpha value is -4.71. The molecule has 0 aromatic carbocycles. The number of hydrogen-bond donors (Lipinski definition) is 0. The van der Waals surface area contributed by atoms with E-state index in [4.69, 9.17) is 14.2 Å². The summed E-state index contributed by atoms with van der Waals surface area (Å²) < 4.78 is 16.6. The lowest BCUT2D eigenvalue weighted by molar-refractivity contribution is -0.167. The summed E-state index contributed by atoms with van der Waals surface area (Å²) >= 11 is 0. The standard InChI is InChI=1S/C55H82O6/c1-4-7-10-13-16-19-22-24-26-27-29-30-33-36-39-42-45-48-54(57)60-51-52(50-59-53(56)47-44-41-38-35-32-21-18-15-12-9-6-3)61-55(58)49-46-43-40-37-34-31-28-25-23-20-17-14-11-8-5-2/h7-8,10-11,13-20,22-31,33-34,52H,4-6,9,12,21,32,35-51H2,1-3H3/b10-7-,11-8-,16-13-,17-14-,18-15-,22-19-,23-20-,26-24-,28-25-,29-27+,33-30-,34-31-. The second kappa shape index (κ2) is 48.0. The largest absolute Gasteiger partial charge is 0.462 e. The average Bonchev–Trinajstić information content (AvgIpc) is 3.26. The van der Waals surface area contributed by atoms with Crippen LogP contribution < -0.4 is 0 Å². The smallest absolute Gasteiger partial charge is 0.306 e.